The van der Waals surface area contributed by atoms with Crippen LogP contribution in [-0.4, -0.2) is 70.5 Å². The number of allylic oxidation sites excluding steroid dienone is 1. The van der Waals surface area contributed by atoms with Gasteiger partial charge in [-0.25, -0.2) is 0 Å². The first-order valence-corrected chi connectivity index (χ1v) is 23.1. The van der Waals surface area contributed by atoms with Gasteiger partial charge in [-0.15, -0.1) is 0 Å². The zero-order valence-electron chi connectivity index (χ0n) is 35.7. The molecule has 3 saturated carbocycles. The van der Waals surface area contributed by atoms with Crippen molar-refractivity contribution in [1.29, 1.82) is 0 Å². The van der Waals surface area contributed by atoms with Gasteiger partial charge in [0.25, 0.3) is 0 Å². The quantitative estimate of drug-likeness (QED) is 0.0779. The highest BCUT2D eigenvalue weighted by molar-refractivity contribution is 5.94. The SMILES string of the molecule is CCCCCCCCCCCCCC(=O)OC[C@H]1O[C@H](O[C@H]2CC[C@@]3(C)C(=CC(=O)[C@H]4[C@@H]5CC[C@H]([C@H](C)CCCC(C)C)[C@@]5(C)CC[C@@H]43)C2)[C@@H](O)[C@@H](O)[C@@H]1O. The van der Waals surface area contributed by atoms with Crippen LogP contribution in [0, 0.1) is 46.3 Å². The van der Waals surface area contributed by atoms with Crippen LogP contribution in [0.3, 0.4) is 0 Å². The Hall–Kier alpha value is -1.32. The van der Waals surface area contributed by atoms with Crippen LogP contribution in [0.5, 0.6) is 0 Å². The number of hydrogen-bond donors (Lipinski definition) is 3. The van der Waals surface area contributed by atoms with Crippen LogP contribution in [0.1, 0.15) is 183 Å². The Bertz CT molecular complexity index is 1250. The van der Waals surface area contributed by atoms with E-state index >= 15 is 0 Å². The largest absolute Gasteiger partial charge is 0.463 e. The zero-order chi connectivity index (χ0) is 39.8. The summed E-state index contributed by atoms with van der Waals surface area (Å²) < 4.78 is 17.8. The van der Waals surface area contributed by atoms with Crippen molar-refractivity contribution in [2.45, 2.75) is 220 Å². The first-order valence-electron chi connectivity index (χ1n) is 23.1. The maximum Gasteiger partial charge on any atom is 0.305 e. The average molecular weight is 773 g/mol. The van der Waals surface area contributed by atoms with E-state index in [1.54, 1.807) is 0 Å². The molecule has 4 aliphatic carbocycles. The number of rotatable bonds is 21. The van der Waals surface area contributed by atoms with E-state index in [1.165, 1.54) is 83.5 Å². The Morgan fingerprint density at radius 2 is 1.49 bits per heavy atom. The van der Waals surface area contributed by atoms with Crippen molar-refractivity contribution < 1.29 is 39.1 Å². The van der Waals surface area contributed by atoms with Crippen LogP contribution < -0.4 is 0 Å². The van der Waals surface area contributed by atoms with E-state index in [0.717, 1.165) is 56.4 Å². The molecule has 0 unspecified atom stereocenters. The third kappa shape index (κ3) is 10.8. The lowest BCUT2D eigenvalue weighted by molar-refractivity contribution is -0.313. The molecular formula is C47H80O8. The molecule has 5 aliphatic rings. The lowest BCUT2D eigenvalue weighted by Crippen LogP contribution is -2.60. The molecule has 0 aromatic rings. The van der Waals surface area contributed by atoms with Crippen molar-refractivity contribution in [2.24, 2.45) is 46.3 Å². The summed E-state index contributed by atoms with van der Waals surface area (Å²) in [5, 5.41) is 32.3. The van der Waals surface area contributed by atoms with Gasteiger partial charge in [-0.2, -0.15) is 0 Å². The van der Waals surface area contributed by atoms with Gasteiger partial charge in [0.1, 0.15) is 31.0 Å². The van der Waals surface area contributed by atoms with E-state index in [9.17, 15) is 24.9 Å². The van der Waals surface area contributed by atoms with Gasteiger partial charge < -0.3 is 29.5 Å². The normalized spacial score (nSPS) is 37.9. The average Bonchev–Trinajstić information content (AvgIpc) is 3.51. The molecule has 0 aromatic carbocycles. The Morgan fingerprint density at radius 1 is 0.818 bits per heavy atom. The summed E-state index contributed by atoms with van der Waals surface area (Å²) in [6.45, 7) is 14.0. The number of ether oxygens (including phenoxy) is 3. The van der Waals surface area contributed by atoms with Gasteiger partial charge in [0.15, 0.2) is 12.1 Å². The number of fused-ring (bicyclic) bond motifs is 5. The maximum absolute atomic E-state index is 14.1. The minimum absolute atomic E-state index is 0.0624. The molecule has 316 valence electrons. The van der Waals surface area contributed by atoms with Crippen molar-refractivity contribution in [1.82, 2.24) is 0 Å². The number of aliphatic hydroxyl groups is 3. The molecule has 8 heteroatoms. The third-order valence-corrected chi connectivity index (χ3v) is 15.5. The highest BCUT2D eigenvalue weighted by Gasteiger charge is 2.61. The van der Waals surface area contributed by atoms with Gasteiger partial charge in [0.05, 0.1) is 6.10 Å². The van der Waals surface area contributed by atoms with Crippen molar-refractivity contribution >= 4 is 11.8 Å². The molecule has 1 aliphatic heterocycles. The first-order chi connectivity index (χ1) is 26.3. The highest BCUT2D eigenvalue weighted by Crippen LogP contribution is 2.67. The van der Waals surface area contributed by atoms with E-state index in [2.05, 4.69) is 41.5 Å². The molecule has 13 atom stereocenters. The van der Waals surface area contributed by atoms with E-state index in [4.69, 9.17) is 14.2 Å². The highest BCUT2D eigenvalue weighted by atomic mass is 16.7. The number of esters is 1. The molecule has 0 amide bonds. The molecule has 5 rings (SSSR count). The molecule has 0 spiro atoms. The van der Waals surface area contributed by atoms with Crippen LogP contribution in [0.15, 0.2) is 11.6 Å². The van der Waals surface area contributed by atoms with Crippen molar-refractivity contribution in [3.63, 3.8) is 0 Å². The minimum atomic E-state index is -1.50. The van der Waals surface area contributed by atoms with Gasteiger partial charge in [0, 0.05) is 12.3 Å². The van der Waals surface area contributed by atoms with E-state index in [0.29, 0.717) is 42.3 Å². The Kier molecular flexibility index (Phi) is 16.8. The fourth-order valence-electron chi connectivity index (χ4n) is 12.0. The number of carbonyl (C=O) groups excluding carboxylic acids is 2. The van der Waals surface area contributed by atoms with Crippen molar-refractivity contribution in [3.8, 4) is 0 Å². The van der Waals surface area contributed by atoms with Crippen molar-refractivity contribution in [3.05, 3.63) is 11.6 Å². The van der Waals surface area contributed by atoms with E-state index in [-0.39, 0.29) is 35.4 Å². The molecular weight excluding hydrogens is 693 g/mol. The van der Waals surface area contributed by atoms with E-state index < -0.39 is 30.7 Å². The number of carbonyl (C=O) groups is 2. The molecule has 0 radical (unpaired) electrons. The summed E-state index contributed by atoms with van der Waals surface area (Å²) in [7, 11) is 0. The summed E-state index contributed by atoms with van der Waals surface area (Å²) in [5.41, 5.74) is 1.31. The molecule has 1 heterocycles. The predicted molar refractivity (Wildman–Crippen MR) is 217 cm³/mol. The van der Waals surface area contributed by atoms with Crippen LogP contribution >= 0.6 is 0 Å². The Morgan fingerprint density at radius 3 is 2.16 bits per heavy atom. The first kappa shape index (κ1) is 44.8. The molecule has 4 fully saturated rings. The molecule has 55 heavy (non-hydrogen) atoms. The number of unbranched alkanes of at least 4 members (excludes halogenated alkanes) is 10. The zero-order valence-corrected chi connectivity index (χ0v) is 35.7. The number of aliphatic hydroxyl groups excluding tert-OH is 3. The van der Waals surface area contributed by atoms with Gasteiger partial charge >= 0.3 is 5.97 Å². The van der Waals surface area contributed by atoms with Gasteiger partial charge in [0.2, 0.25) is 0 Å². The smallest absolute Gasteiger partial charge is 0.305 e. The van der Waals surface area contributed by atoms with Crippen LogP contribution in [0.25, 0.3) is 0 Å². The molecule has 0 aromatic heterocycles. The lowest BCUT2D eigenvalue weighted by Gasteiger charge is -2.58. The molecule has 3 N–H and O–H groups in total. The fourth-order valence-corrected chi connectivity index (χ4v) is 12.0. The van der Waals surface area contributed by atoms with Gasteiger partial charge in [-0.3, -0.25) is 9.59 Å². The number of hydrogen-bond acceptors (Lipinski definition) is 8. The second kappa shape index (κ2) is 20.6. The fraction of sp³-hybridized carbons (Fsp3) is 0.915. The standard InChI is InChI=1S/C47H80O8/c1-7-8-9-10-11-12-13-14-15-16-17-21-40(49)53-30-39-42(50)43(51)44(52)45(55-39)54-34-24-26-46(5)33(28-34)29-38(48)41-36-23-22-35(32(4)20-18-19-31(2)3)47(36,6)27-25-37(41)46/h29,31-32,34-37,39,41-45,50-52H,7-28,30H2,1-6H3/t32-,34+,35-,36+,37+,39-,41+,42-,43+,44+,45+,46+,47-/m1/s1. The predicted octanol–water partition coefficient (Wildman–Crippen LogP) is 9.64. The minimum Gasteiger partial charge on any atom is -0.463 e. The summed E-state index contributed by atoms with van der Waals surface area (Å²) in [6.07, 6.45) is 19.4. The summed E-state index contributed by atoms with van der Waals surface area (Å²) >= 11 is 0. The second-order valence-electron chi connectivity index (χ2n) is 19.7. The Labute approximate surface area is 334 Å². The summed E-state index contributed by atoms with van der Waals surface area (Å²) in [5.74, 6) is 2.96. The maximum atomic E-state index is 14.1. The lowest BCUT2D eigenvalue weighted by atomic mass is 9.46. The molecule has 0 bridgehead atoms. The van der Waals surface area contributed by atoms with Gasteiger partial charge in [-0.1, -0.05) is 131 Å². The van der Waals surface area contributed by atoms with Crippen LogP contribution in [0.4, 0.5) is 0 Å². The summed E-state index contributed by atoms with van der Waals surface area (Å²) in [4.78, 5) is 26.7. The van der Waals surface area contributed by atoms with Crippen LogP contribution in [-0.2, 0) is 23.8 Å². The molecule has 8 nitrogen and oxygen atoms in total. The summed E-state index contributed by atoms with van der Waals surface area (Å²) in [6, 6.07) is 0. The van der Waals surface area contributed by atoms with Crippen LogP contribution in [0.2, 0.25) is 0 Å². The third-order valence-electron chi connectivity index (χ3n) is 15.5. The Balaban J connectivity index is 1.09. The topological polar surface area (TPSA) is 123 Å². The monoisotopic (exact) mass is 773 g/mol. The van der Waals surface area contributed by atoms with Crippen molar-refractivity contribution in [2.75, 3.05) is 6.61 Å². The van der Waals surface area contributed by atoms with Gasteiger partial charge in [-0.05, 0) is 97.9 Å². The number of ketones is 1. The second-order valence-corrected chi connectivity index (χ2v) is 19.7. The molecule has 1 saturated heterocycles. The van der Waals surface area contributed by atoms with E-state index in [1.807, 2.05) is 6.08 Å².